The van der Waals surface area contributed by atoms with Gasteiger partial charge in [0.2, 0.25) is 0 Å². The van der Waals surface area contributed by atoms with Gasteiger partial charge in [-0.15, -0.1) is 6.42 Å². The molecule has 0 N–H and O–H groups in total. The Morgan fingerprint density at radius 3 is 2.29 bits per heavy atom. The Balaban J connectivity index is 4.65. The van der Waals surface area contributed by atoms with Crippen molar-refractivity contribution in [1.29, 1.82) is 0 Å². The molecule has 0 aliphatic carbocycles. The Kier molecular flexibility index (Phi) is 9.33. The van der Waals surface area contributed by atoms with Crippen molar-refractivity contribution in [2.75, 3.05) is 0 Å². The van der Waals surface area contributed by atoms with Crippen LogP contribution in [0, 0.1) is 12.3 Å². The molecule has 0 aliphatic rings. The van der Waals surface area contributed by atoms with E-state index in [1.165, 1.54) is 0 Å². The maximum Gasteiger partial charge on any atom is 0.192 e. The molecule has 0 saturated heterocycles. The summed E-state index contributed by atoms with van der Waals surface area (Å²) in [7, 11) is -1.77. The largest absolute Gasteiger partial charge is 0.410 e. The molecule has 0 rings (SSSR count). The van der Waals surface area contributed by atoms with Gasteiger partial charge in [-0.25, -0.2) is 0 Å². The molecule has 0 fully saturated rings. The summed E-state index contributed by atoms with van der Waals surface area (Å²) < 4.78 is 6.42. The van der Waals surface area contributed by atoms with Crippen molar-refractivity contribution in [3.05, 3.63) is 36.5 Å². The highest BCUT2D eigenvalue weighted by molar-refractivity contribution is 6.74. The van der Waals surface area contributed by atoms with Crippen LogP contribution in [0.1, 0.15) is 47.0 Å². The SMILES string of the molecule is C#C/C=C\[C@H](C/C=C\C/C=C\CC)O[Si](C)(C)C(C)(C)C. The number of hydrogen-bond donors (Lipinski definition) is 0. The average Bonchev–Trinajstić information content (AvgIpc) is 2.38. The average molecular weight is 305 g/mol. The van der Waals surface area contributed by atoms with E-state index in [4.69, 9.17) is 10.8 Å². The molecule has 0 saturated carbocycles. The number of allylic oxidation sites excluding steroid dienone is 4. The van der Waals surface area contributed by atoms with Crippen LogP contribution in [0.15, 0.2) is 36.5 Å². The molecule has 1 nitrogen and oxygen atoms in total. The van der Waals surface area contributed by atoms with Crippen LogP contribution in [-0.2, 0) is 4.43 Å². The van der Waals surface area contributed by atoms with Gasteiger partial charge in [-0.2, -0.15) is 0 Å². The Bertz CT molecular complexity index is 402. The topological polar surface area (TPSA) is 9.23 Å². The maximum absolute atomic E-state index is 6.42. The molecule has 2 heteroatoms. The van der Waals surface area contributed by atoms with Gasteiger partial charge < -0.3 is 4.43 Å². The number of hydrogen-bond acceptors (Lipinski definition) is 1. The van der Waals surface area contributed by atoms with Gasteiger partial charge in [0.05, 0.1) is 6.10 Å². The third kappa shape index (κ3) is 8.75. The van der Waals surface area contributed by atoms with E-state index in [1.807, 2.05) is 6.08 Å². The molecule has 0 aromatic rings. The molecule has 0 aromatic heterocycles. The van der Waals surface area contributed by atoms with Crippen LogP contribution < -0.4 is 0 Å². The van der Waals surface area contributed by atoms with Gasteiger partial charge in [0.15, 0.2) is 8.32 Å². The predicted octanol–water partition coefficient (Wildman–Crippen LogP) is 5.87. The summed E-state index contributed by atoms with van der Waals surface area (Å²) in [6, 6.07) is 0. The van der Waals surface area contributed by atoms with Crippen LogP contribution in [0.2, 0.25) is 18.1 Å². The van der Waals surface area contributed by atoms with Crippen LogP contribution in [0.5, 0.6) is 0 Å². The van der Waals surface area contributed by atoms with E-state index >= 15 is 0 Å². The summed E-state index contributed by atoms with van der Waals surface area (Å²) in [5, 5.41) is 0.211. The number of rotatable bonds is 8. The van der Waals surface area contributed by atoms with E-state index in [0.717, 1.165) is 19.3 Å². The molecule has 21 heavy (non-hydrogen) atoms. The molecule has 0 heterocycles. The van der Waals surface area contributed by atoms with Gasteiger partial charge in [0.1, 0.15) is 0 Å². The molecule has 0 unspecified atom stereocenters. The van der Waals surface area contributed by atoms with E-state index in [9.17, 15) is 0 Å². The molecule has 0 aromatic carbocycles. The minimum Gasteiger partial charge on any atom is -0.410 e. The van der Waals surface area contributed by atoms with Crippen molar-refractivity contribution in [1.82, 2.24) is 0 Å². The Morgan fingerprint density at radius 1 is 1.14 bits per heavy atom. The first-order chi connectivity index (χ1) is 9.74. The Morgan fingerprint density at radius 2 is 1.76 bits per heavy atom. The fraction of sp³-hybridized carbons (Fsp3) is 0.579. The summed E-state index contributed by atoms with van der Waals surface area (Å²) >= 11 is 0. The van der Waals surface area contributed by atoms with Crippen LogP contribution in [0.25, 0.3) is 0 Å². The second kappa shape index (κ2) is 9.81. The predicted molar refractivity (Wildman–Crippen MR) is 97.8 cm³/mol. The zero-order valence-electron chi connectivity index (χ0n) is 14.6. The minimum atomic E-state index is -1.77. The van der Waals surface area contributed by atoms with Crippen molar-refractivity contribution < 1.29 is 4.43 Å². The molecule has 0 spiro atoms. The lowest BCUT2D eigenvalue weighted by atomic mass is 10.2. The molecular formula is C19H32OSi. The normalized spacial score (nSPS) is 15.1. The Hall–Kier alpha value is -1.04. The molecule has 118 valence electrons. The molecule has 0 aliphatic heterocycles. The van der Waals surface area contributed by atoms with Gasteiger partial charge in [-0.1, -0.05) is 57.9 Å². The first-order valence-electron chi connectivity index (χ1n) is 7.85. The number of terminal acetylenes is 1. The summed E-state index contributed by atoms with van der Waals surface area (Å²) in [6.45, 7) is 13.5. The highest BCUT2D eigenvalue weighted by atomic mass is 28.4. The quantitative estimate of drug-likeness (QED) is 0.309. The molecule has 1 atom stereocenters. The molecule has 0 radical (unpaired) electrons. The summed E-state index contributed by atoms with van der Waals surface area (Å²) in [5.41, 5.74) is 0. The lowest BCUT2D eigenvalue weighted by molar-refractivity contribution is 0.228. The first-order valence-corrected chi connectivity index (χ1v) is 10.8. The van der Waals surface area contributed by atoms with E-state index in [1.54, 1.807) is 6.08 Å². The molecule has 0 amide bonds. The smallest absolute Gasteiger partial charge is 0.192 e. The summed E-state index contributed by atoms with van der Waals surface area (Å²) in [5.74, 6) is 2.56. The lowest BCUT2D eigenvalue weighted by Gasteiger charge is -2.38. The third-order valence-corrected chi connectivity index (χ3v) is 8.37. The van der Waals surface area contributed by atoms with Gasteiger partial charge in [-0.3, -0.25) is 0 Å². The lowest BCUT2D eigenvalue weighted by Crippen LogP contribution is -2.43. The van der Waals surface area contributed by atoms with Gasteiger partial charge in [0, 0.05) is 0 Å². The van der Waals surface area contributed by atoms with Crippen molar-refractivity contribution in [3.63, 3.8) is 0 Å². The van der Waals surface area contributed by atoms with E-state index < -0.39 is 8.32 Å². The minimum absolute atomic E-state index is 0.0772. The van der Waals surface area contributed by atoms with E-state index in [0.29, 0.717) is 0 Å². The van der Waals surface area contributed by atoms with Crippen LogP contribution >= 0.6 is 0 Å². The van der Waals surface area contributed by atoms with Crippen molar-refractivity contribution >= 4 is 8.32 Å². The van der Waals surface area contributed by atoms with Crippen LogP contribution in [0.3, 0.4) is 0 Å². The van der Waals surface area contributed by atoms with Crippen LogP contribution in [0.4, 0.5) is 0 Å². The monoisotopic (exact) mass is 304 g/mol. The summed E-state index contributed by atoms with van der Waals surface area (Å²) in [4.78, 5) is 0. The Labute approximate surface area is 133 Å². The standard InChI is InChI=1S/C19H32OSi/c1-8-10-12-13-14-15-17-18(16-11-9-2)20-21(6,7)19(3,4)5/h2,10-12,14-16,18H,8,13,17H2,1,3-7H3/b12-10-,15-14-,16-11-/t18-/m1/s1. The highest BCUT2D eigenvalue weighted by Gasteiger charge is 2.38. The fourth-order valence-corrected chi connectivity index (χ4v) is 2.84. The van der Waals surface area contributed by atoms with Crippen LogP contribution in [-0.4, -0.2) is 14.4 Å². The van der Waals surface area contributed by atoms with Gasteiger partial charge in [0.25, 0.3) is 0 Å². The second-order valence-electron chi connectivity index (χ2n) is 6.76. The van der Waals surface area contributed by atoms with Crippen molar-refractivity contribution in [2.24, 2.45) is 0 Å². The zero-order valence-corrected chi connectivity index (χ0v) is 15.6. The zero-order chi connectivity index (χ0) is 16.4. The van der Waals surface area contributed by atoms with Crippen molar-refractivity contribution in [3.8, 4) is 12.3 Å². The van der Waals surface area contributed by atoms with E-state index in [-0.39, 0.29) is 11.1 Å². The maximum atomic E-state index is 6.42. The molecular weight excluding hydrogens is 272 g/mol. The highest BCUT2D eigenvalue weighted by Crippen LogP contribution is 2.37. The third-order valence-electron chi connectivity index (χ3n) is 3.87. The van der Waals surface area contributed by atoms with Gasteiger partial charge in [-0.05, 0) is 49.5 Å². The van der Waals surface area contributed by atoms with Gasteiger partial charge >= 0.3 is 0 Å². The fourth-order valence-electron chi connectivity index (χ4n) is 1.55. The van der Waals surface area contributed by atoms with E-state index in [2.05, 4.69) is 71.0 Å². The second-order valence-corrected chi connectivity index (χ2v) is 11.5. The first kappa shape index (κ1) is 20.0. The molecule has 0 bridgehead atoms. The van der Waals surface area contributed by atoms with Crippen molar-refractivity contribution in [2.45, 2.75) is 71.2 Å². The summed E-state index contributed by atoms with van der Waals surface area (Å²) in [6.07, 6.45) is 20.9.